The fourth-order valence-electron chi connectivity index (χ4n) is 2.72. The zero-order valence-corrected chi connectivity index (χ0v) is 14.9. The maximum Gasteiger partial charge on any atom is 0.335 e. The van der Waals surface area contributed by atoms with E-state index in [1.54, 1.807) is 49.6 Å². The lowest BCUT2D eigenvalue weighted by molar-refractivity contribution is -0.131. The number of carbonyl (C=O) groups excluding carboxylic acids is 3. The summed E-state index contributed by atoms with van der Waals surface area (Å²) < 4.78 is 5.08. The molecular weight excluding hydrogens is 348 g/mol. The highest BCUT2D eigenvalue weighted by Gasteiger charge is 2.42. The van der Waals surface area contributed by atoms with E-state index in [2.05, 4.69) is 15.3 Å². The van der Waals surface area contributed by atoms with Gasteiger partial charge in [0.25, 0.3) is 5.91 Å². The van der Waals surface area contributed by atoms with E-state index in [1.165, 1.54) is 7.11 Å². The van der Waals surface area contributed by atoms with Gasteiger partial charge in [0.15, 0.2) is 5.92 Å². The maximum absolute atomic E-state index is 12.9. The number of aliphatic imine (C=N–C) groups is 1. The fourth-order valence-corrected chi connectivity index (χ4v) is 2.72. The minimum absolute atomic E-state index is 0.285. The van der Waals surface area contributed by atoms with E-state index in [9.17, 15) is 14.4 Å². The summed E-state index contributed by atoms with van der Waals surface area (Å²) in [7, 11) is 1.52. The SMILES string of the molecule is COc1ccc(N2C(=O)NC(=O)C(C(C)=NCc3cccnc3)C2=O)cc1. The molecule has 0 radical (unpaired) electrons. The molecule has 0 bridgehead atoms. The van der Waals surface area contributed by atoms with Crippen molar-refractivity contribution in [2.45, 2.75) is 13.5 Å². The van der Waals surface area contributed by atoms with Gasteiger partial charge in [-0.25, -0.2) is 9.69 Å². The van der Waals surface area contributed by atoms with Crippen molar-refractivity contribution in [3.8, 4) is 5.75 Å². The number of benzene rings is 1. The first-order valence-corrected chi connectivity index (χ1v) is 8.24. The van der Waals surface area contributed by atoms with Crippen molar-refractivity contribution in [3.63, 3.8) is 0 Å². The Hall–Kier alpha value is -3.55. The van der Waals surface area contributed by atoms with Crippen LogP contribution in [0.4, 0.5) is 10.5 Å². The largest absolute Gasteiger partial charge is 0.497 e. The molecule has 1 aliphatic heterocycles. The predicted octanol–water partition coefficient (Wildman–Crippen LogP) is 1.95. The third-order valence-electron chi connectivity index (χ3n) is 4.14. The van der Waals surface area contributed by atoms with Crippen LogP contribution in [0.15, 0.2) is 53.8 Å². The standard InChI is InChI=1S/C19H18N4O4/c1-12(21-11-13-4-3-9-20-10-13)16-17(24)22-19(26)23(18(16)25)14-5-7-15(27-2)8-6-14/h3-10,16H,11H2,1-2H3,(H,22,24,26). The van der Waals surface area contributed by atoms with Crippen molar-refractivity contribution < 1.29 is 19.1 Å². The molecule has 2 aromatic rings. The maximum atomic E-state index is 12.9. The number of nitrogens with one attached hydrogen (secondary N) is 1. The number of amides is 4. The molecule has 0 spiro atoms. The summed E-state index contributed by atoms with van der Waals surface area (Å²) in [5.74, 6) is -1.89. The first-order chi connectivity index (χ1) is 13.0. The Morgan fingerprint density at radius 2 is 1.96 bits per heavy atom. The van der Waals surface area contributed by atoms with E-state index >= 15 is 0 Å². The van der Waals surface area contributed by atoms with E-state index in [-0.39, 0.29) is 6.54 Å². The Balaban J connectivity index is 1.85. The number of carbonyl (C=O) groups is 3. The molecule has 1 fully saturated rings. The highest BCUT2D eigenvalue weighted by molar-refractivity contribution is 6.35. The fraction of sp³-hybridized carbons (Fsp3) is 0.211. The number of aromatic nitrogens is 1. The number of rotatable bonds is 5. The Morgan fingerprint density at radius 3 is 2.59 bits per heavy atom. The predicted molar refractivity (Wildman–Crippen MR) is 98.6 cm³/mol. The highest BCUT2D eigenvalue weighted by atomic mass is 16.5. The third kappa shape index (κ3) is 3.84. The van der Waals surface area contributed by atoms with Gasteiger partial charge in [-0.1, -0.05) is 6.07 Å². The number of imide groups is 2. The number of hydrogen-bond donors (Lipinski definition) is 1. The first-order valence-electron chi connectivity index (χ1n) is 8.24. The summed E-state index contributed by atoms with van der Waals surface area (Å²) in [6, 6.07) is 9.25. The third-order valence-corrected chi connectivity index (χ3v) is 4.14. The van der Waals surface area contributed by atoms with E-state index < -0.39 is 23.8 Å². The lowest BCUT2D eigenvalue weighted by Gasteiger charge is -2.30. The van der Waals surface area contributed by atoms with Crippen LogP contribution in [0.1, 0.15) is 12.5 Å². The molecule has 2 heterocycles. The molecule has 1 N–H and O–H groups in total. The topological polar surface area (TPSA) is 101 Å². The molecule has 1 unspecified atom stereocenters. The van der Waals surface area contributed by atoms with Crippen LogP contribution in [0.25, 0.3) is 0 Å². The normalized spacial score (nSPS) is 17.7. The molecule has 3 rings (SSSR count). The van der Waals surface area contributed by atoms with E-state index in [4.69, 9.17) is 4.74 Å². The van der Waals surface area contributed by atoms with Crippen LogP contribution in [0.5, 0.6) is 5.75 Å². The van der Waals surface area contributed by atoms with Gasteiger partial charge in [-0.15, -0.1) is 0 Å². The molecule has 1 aromatic carbocycles. The summed E-state index contributed by atoms with van der Waals surface area (Å²) in [5.41, 5.74) is 1.52. The molecule has 27 heavy (non-hydrogen) atoms. The van der Waals surface area contributed by atoms with Crippen molar-refractivity contribution in [2.75, 3.05) is 12.0 Å². The number of ether oxygens (including phenoxy) is 1. The number of barbiturate groups is 1. The summed E-state index contributed by atoms with van der Waals surface area (Å²) >= 11 is 0. The van der Waals surface area contributed by atoms with Crippen molar-refractivity contribution >= 4 is 29.2 Å². The summed E-state index contributed by atoms with van der Waals surface area (Å²) in [6.07, 6.45) is 3.31. The second-order valence-corrected chi connectivity index (χ2v) is 5.92. The zero-order valence-electron chi connectivity index (χ0n) is 14.9. The molecule has 1 saturated heterocycles. The second kappa shape index (κ2) is 7.77. The lowest BCUT2D eigenvalue weighted by atomic mass is 9.99. The molecule has 8 nitrogen and oxygen atoms in total. The monoisotopic (exact) mass is 366 g/mol. The van der Waals surface area contributed by atoms with Crippen molar-refractivity contribution in [1.29, 1.82) is 0 Å². The van der Waals surface area contributed by atoms with Gasteiger partial charge in [0.1, 0.15) is 5.75 Å². The Labute approximate surface area is 155 Å². The van der Waals surface area contributed by atoms with Crippen molar-refractivity contribution in [3.05, 3.63) is 54.4 Å². The van der Waals surface area contributed by atoms with Crippen LogP contribution in [0, 0.1) is 5.92 Å². The Kier molecular flexibility index (Phi) is 5.25. The van der Waals surface area contributed by atoms with E-state index in [1.807, 2.05) is 6.07 Å². The van der Waals surface area contributed by atoms with E-state index in [0.717, 1.165) is 10.5 Å². The van der Waals surface area contributed by atoms with Crippen LogP contribution < -0.4 is 15.0 Å². The number of urea groups is 1. The van der Waals surface area contributed by atoms with Gasteiger partial charge in [-0.05, 0) is 42.8 Å². The molecule has 1 aliphatic rings. The van der Waals surface area contributed by atoms with Crippen LogP contribution in [-0.2, 0) is 16.1 Å². The molecule has 4 amide bonds. The summed E-state index contributed by atoms with van der Waals surface area (Å²) in [5, 5.41) is 2.22. The smallest absolute Gasteiger partial charge is 0.335 e. The zero-order chi connectivity index (χ0) is 19.4. The first kappa shape index (κ1) is 18.2. The second-order valence-electron chi connectivity index (χ2n) is 5.92. The van der Waals surface area contributed by atoms with E-state index in [0.29, 0.717) is 17.1 Å². The van der Waals surface area contributed by atoms with Gasteiger partial charge in [0, 0.05) is 18.1 Å². The molecule has 0 saturated carbocycles. The lowest BCUT2D eigenvalue weighted by Crippen LogP contribution is -2.60. The number of methoxy groups -OCH3 is 1. The number of hydrogen-bond acceptors (Lipinski definition) is 6. The molecule has 1 atom stereocenters. The quantitative estimate of drug-likeness (QED) is 0.644. The number of anilines is 1. The van der Waals surface area contributed by atoms with Crippen LogP contribution in [0.3, 0.4) is 0 Å². The summed E-state index contributed by atoms with van der Waals surface area (Å²) in [6.45, 7) is 1.88. The van der Waals surface area contributed by atoms with Gasteiger partial charge in [-0.2, -0.15) is 0 Å². The average molecular weight is 366 g/mol. The molecule has 8 heteroatoms. The molecular formula is C19H18N4O4. The van der Waals surface area contributed by atoms with Crippen molar-refractivity contribution in [1.82, 2.24) is 10.3 Å². The Morgan fingerprint density at radius 1 is 1.22 bits per heavy atom. The number of pyridine rings is 1. The average Bonchev–Trinajstić information content (AvgIpc) is 2.67. The minimum atomic E-state index is -1.17. The van der Waals surface area contributed by atoms with Gasteiger partial charge in [0.05, 0.1) is 19.3 Å². The molecule has 138 valence electrons. The van der Waals surface area contributed by atoms with Crippen LogP contribution in [0.2, 0.25) is 0 Å². The highest BCUT2D eigenvalue weighted by Crippen LogP contribution is 2.24. The molecule has 0 aliphatic carbocycles. The Bertz CT molecular complexity index is 894. The molecule has 1 aromatic heterocycles. The van der Waals surface area contributed by atoms with Gasteiger partial charge >= 0.3 is 6.03 Å². The van der Waals surface area contributed by atoms with Gasteiger partial charge < -0.3 is 4.74 Å². The minimum Gasteiger partial charge on any atom is -0.497 e. The van der Waals surface area contributed by atoms with Gasteiger partial charge in [-0.3, -0.25) is 24.9 Å². The van der Waals surface area contributed by atoms with Crippen LogP contribution in [-0.4, -0.2) is 35.7 Å². The van der Waals surface area contributed by atoms with Crippen LogP contribution >= 0.6 is 0 Å². The number of nitrogens with zero attached hydrogens (tertiary/aromatic N) is 3. The van der Waals surface area contributed by atoms with Gasteiger partial charge in [0.2, 0.25) is 5.91 Å². The summed E-state index contributed by atoms with van der Waals surface area (Å²) in [4.78, 5) is 46.6. The van der Waals surface area contributed by atoms with Crippen molar-refractivity contribution in [2.24, 2.45) is 10.9 Å².